The first-order valence-electron chi connectivity index (χ1n) is 5.18. The zero-order valence-corrected chi connectivity index (χ0v) is 9.75. The predicted octanol–water partition coefficient (Wildman–Crippen LogP) is 1.11. The molecule has 0 aromatic rings. The van der Waals surface area contributed by atoms with E-state index in [2.05, 4.69) is 25.3 Å². The number of rotatable bonds is 8. The van der Waals surface area contributed by atoms with Gasteiger partial charge in [-0.25, -0.2) is 0 Å². The molecule has 0 fully saturated rings. The van der Waals surface area contributed by atoms with Crippen molar-refractivity contribution in [3.05, 3.63) is 12.2 Å². The summed E-state index contributed by atoms with van der Waals surface area (Å²) in [5.41, 5.74) is 6.61. The molecule has 0 aliphatic carbocycles. The van der Waals surface area contributed by atoms with E-state index in [4.69, 9.17) is 10.5 Å². The van der Waals surface area contributed by atoms with Gasteiger partial charge in [-0.3, -0.25) is 4.90 Å². The van der Waals surface area contributed by atoms with Gasteiger partial charge in [0.2, 0.25) is 0 Å². The lowest BCUT2D eigenvalue weighted by Crippen LogP contribution is -2.33. The monoisotopic (exact) mass is 200 g/mol. The average molecular weight is 200 g/mol. The highest BCUT2D eigenvalue weighted by Gasteiger charge is 2.07. The van der Waals surface area contributed by atoms with Gasteiger partial charge in [0.05, 0.1) is 6.61 Å². The Bertz CT molecular complexity index is 157. The molecule has 0 rings (SSSR count). The molecule has 0 saturated heterocycles. The Labute approximate surface area is 87.9 Å². The first kappa shape index (κ1) is 13.6. The highest BCUT2D eigenvalue weighted by Crippen LogP contribution is 2.01. The molecule has 0 unspecified atom stereocenters. The van der Waals surface area contributed by atoms with Gasteiger partial charge >= 0.3 is 0 Å². The van der Waals surface area contributed by atoms with Gasteiger partial charge in [0, 0.05) is 33.3 Å². The Morgan fingerprint density at radius 1 is 1.50 bits per heavy atom. The summed E-state index contributed by atoms with van der Waals surface area (Å²) in [7, 11) is 1.73. The molecule has 0 amide bonds. The lowest BCUT2D eigenvalue weighted by Gasteiger charge is -2.24. The third-order valence-corrected chi connectivity index (χ3v) is 1.97. The maximum absolute atomic E-state index is 5.52. The molecule has 0 saturated carbocycles. The van der Waals surface area contributed by atoms with E-state index in [-0.39, 0.29) is 0 Å². The zero-order chi connectivity index (χ0) is 11.0. The quantitative estimate of drug-likeness (QED) is 0.596. The minimum absolute atomic E-state index is 0.571. The largest absolute Gasteiger partial charge is 0.383 e. The molecular weight excluding hydrogens is 176 g/mol. The second-order valence-electron chi connectivity index (χ2n) is 4.08. The summed E-state index contributed by atoms with van der Waals surface area (Å²) in [5.74, 6) is 0.664. The first-order chi connectivity index (χ1) is 6.60. The molecule has 3 heteroatoms. The van der Waals surface area contributed by atoms with Crippen molar-refractivity contribution in [3.63, 3.8) is 0 Å². The van der Waals surface area contributed by atoms with Gasteiger partial charge in [0.15, 0.2) is 0 Å². The van der Waals surface area contributed by atoms with Gasteiger partial charge in [-0.2, -0.15) is 0 Å². The van der Waals surface area contributed by atoms with Crippen molar-refractivity contribution in [2.75, 3.05) is 39.9 Å². The molecule has 0 aromatic heterocycles. The molecule has 0 atom stereocenters. The van der Waals surface area contributed by atoms with Crippen LogP contribution in [0.2, 0.25) is 0 Å². The van der Waals surface area contributed by atoms with Gasteiger partial charge in [0.25, 0.3) is 0 Å². The summed E-state index contributed by atoms with van der Waals surface area (Å²) in [5, 5.41) is 0. The molecule has 0 aliphatic heterocycles. The van der Waals surface area contributed by atoms with Crippen molar-refractivity contribution in [1.82, 2.24) is 4.90 Å². The number of ether oxygens (including phenoxy) is 1. The SMILES string of the molecule is C=C(CN)CN(CCOC)CC(C)C. The number of hydrogen-bond acceptors (Lipinski definition) is 3. The summed E-state index contributed by atoms with van der Waals surface area (Å²) in [6.07, 6.45) is 0. The van der Waals surface area contributed by atoms with E-state index in [9.17, 15) is 0 Å². The third-order valence-electron chi connectivity index (χ3n) is 1.97. The van der Waals surface area contributed by atoms with Crippen molar-refractivity contribution in [2.24, 2.45) is 11.7 Å². The van der Waals surface area contributed by atoms with Crippen LogP contribution in [0.3, 0.4) is 0 Å². The van der Waals surface area contributed by atoms with E-state index < -0.39 is 0 Å². The fraction of sp³-hybridized carbons (Fsp3) is 0.818. The van der Waals surface area contributed by atoms with E-state index in [0.717, 1.165) is 31.8 Å². The van der Waals surface area contributed by atoms with Gasteiger partial charge in [-0.1, -0.05) is 20.4 Å². The molecule has 0 aliphatic rings. The van der Waals surface area contributed by atoms with E-state index >= 15 is 0 Å². The molecule has 0 spiro atoms. The van der Waals surface area contributed by atoms with E-state index in [1.165, 1.54) is 0 Å². The smallest absolute Gasteiger partial charge is 0.0589 e. The lowest BCUT2D eigenvalue weighted by atomic mass is 10.2. The van der Waals surface area contributed by atoms with Crippen LogP contribution in [-0.2, 0) is 4.74 Å². The van der Waals surface area contributed by atoms with Crippen LogP contribution >= 0.6 is 0 Å². The molecule has 14 heavy (non-hydrogen) atoms. The van der Waals surface area contributed by atoms with Crippen molar-refractivity contribution < 1.29 is 4.74 Å². The molecule has 0 aromatic carbocycles. The Morgan fingerprint density at radius 3 is 2.57 bits per heavy atom. The molecule has 3 nitrogen and oxygen atoms in total. The zero-order valence-electron chi connectivity index (χ0n) is 9.75. The van der Waals surface area contributed by atoms with Gasteiger partial charge in [-0.15, -0.1) is 0 Å². The van der Waals surface area contributed by atoms with Crippen LogP contribution in [-0.4, -0.2) is 44.8 Å². The van der Waals surface area contributed by atoms with Gasteiger partial charge in [0.1, 0.15) is 0 Å². The van der Waals surface area contributed by atoms with Crippen LogP contribution in [0.25, 0.3) is 0 Å². The minimum Gasteiger partial charge on any atom is -0.383 e. The standard InChI is InChI=1S/C11H24N2O/c1-10(2)8-13(5-6-14-4)9-11(3)7-12/h10H,3,5-9,12H2,1-2,4H3. The highest BCUT2D eigenvalue weighted by molar-refractivity contribution is 4.98. The molecule has 0 bridgehead atoms. The summed E-state index contributed by atoms with van der Waals surface area (Å²) in [6.45, 7) is 12.6. The van der Waals surface area contributed by atoms with Crippen molar-refractivity contribution >= 4 is 0 Å². The van der Waals surface area contributed by atoms with Crippen LogP contribution in [0.15, 0.2) is 12.2 Å². The predicted molar refractivity (Wildman–Crippen MR) is 61.3 cm³/mol. The maximum Gasteiger partial charge on any atom is 0.0589 e. The Hall–Kier alpha value is -0.380. The van der Waals surface area contributed by atoms with Crippen LogP contribution in [0, 0.1) is 5.92 Å². The summed E-state index contributed by atoms with van der Waals surface area (Å²) in [4.78, 5) is 2.34. The fourth-order valence-electron chi connectivity index (χ4n) is 1.35. The van der Waals surface area contributed by atoms with Gasteiger partial charge in [-0.05, 0) is 11.5 Å². The third kappa shape index (κ3) is 7.06. The average Bonchev–Trinajstić information content (AvgIpc) is 2.13. The highest BCUT2D eigenvalue weighted by atomic mass is 16.5. The molecule has 0 radical (unpaired) electrons. The number of nitrogens with zero attached hydrogens (tertiary/aromatic N) is 1. The van der Waals surface area contributed by atoms with Crippen molar-refractivity contribution in [3.8, 4) is 0 Å². The molecule has 2 N–H and O–H groups in total. The van der Waals surface area contributed by atoms with Crippen LogP contribution in [0.5, 0.6) is 0 Å². The van der Waals surface area contributed by atoms with Crippen molar-refractivity contribution in [2.45, 2.75) is 13.8 Å². The molecule has 84 valence electrons. The normalized spacial score (nSPS) is 11.3. The Morgan fingerprint density at radius 2 is 2.14 bits per heavy atom. The topological polar surface area (TPSA) is 38.5 Å². The number of nitrogens with two attached hydrogens (primary N) is 1. The van der Waals surface area contributed by atoms with Crippen LogP contribution in [0.1, 0.15) is 13.8 Å². The number of hydrogen-bond donors (Lipinski definition) is 1. The maximum atomic E-state index is 5.52. The number of methoxy groups -OCH3 is 1. The van der Waals surface area contributed by atoms with Crippen LogP contribution < -0.4 is 5.73 Å². The minimum atomic E-state index is 0.571. The second-order valence-corrected chi connectivity index (χ2v) is 4.08. The van der Waals surface area contributed by atoms with Crippen LogP contribution in [0.4, 0.5) is 0 Å². The first-order valence-corrected chi connectivity index (χ1v) is 5.18. The fourth-order valence-corrected chi connectivity index (χ4v) is 1.35. The summed E-state index contributed by atoms with van der Waals surface area (Å²) in [6, 6.07) is 0. The Balaban J connectivity index is 3.89. The summed E-state index contributed by atoms with van der Waals surface area (Å²) >= 11 is 0. The van der Waals surface area contributed by atoms with Crippen molar-refractivity contribution in [1.29, 1.82) is 0 Å². The van der Waals surface area contributed by atoms with E-state index in [1.807, 2.05) is 0 Å². The Kier molecular flexibility index (Phi) is 7.76. The summed E-state index contributed by atoms with van der Waals surface area (Å²) < 4.78 is 5.07. The molecular formula is C11H24N2O. The molecule has 0 heterocycles. The second kappa shape index (κ2) is 7.97. The van der Waals surface area contributed by atoms with E-state index in [1.54, 1.807) is 7.11 Å². The van der Waals surface area contributed by atoms with E-state index in [0.29, 0.717) is 12.5 Å². The van der Waals surface area contributed by atoms with Gasteiger partial charge < -0.3 is 10.5 Å². The lowest BCUT2D eigenvalue weighted by molar-refractivity contribution is 0.146.